The number of carbonyl (C=O) groups is 1. The fraction of sp³-hybridized carbons (Fsp3) is 0.611. The van der Waals surface area contributed by atoms with Crippen molar-refractivity contribution >= 4 is 5.97 Å². The predicted molar refractivity (Wildman–Crippen MR) is 92.9 cm³/mol. The zero-order chi connectivity index (χ0) is 20.5. The Bertz CT molecular complexity index is 539. The molecular weight excluding hydrogens is 351 g/mol. The minimum Gasteiger partial charge on any atom is -0.493 e. The molecule has 0 bridgehead atoms. The number of aliphatic hydroxyl groups is 1. The number of halogens is 3. The highest BCUT2D eigenvalue weighted by Gasteiger charge is 2.38. The standard InChI is InChI=1S/C16H27NO2.C2HF3O2/c1-5-6-12(2)11-19-14-9-7-13(8-10-14)15(17)16(3,4)18;3-2(4,5)1(6)7/h7-10,12,15,18H,5-6,11,17H2,1-4H3;(H,6,7)/t12?,15-;/m1./s1. The molecule has 0 saturated carbocycles. The van der Waals surface area contributed by atoms with Gasteiger partial charge in [0.15, 0.2) is 0 Å². The van der Waals surface area contributed by atoms with Gasteiger partial charge in [0.25, 0.3) is 0 Å². The molecular formula is C18H28F3NO4. The summed E-state index contributed by atoms with van der Waals surface area (Å²) >= 11 is 0. The average Bonchev–Trinajstić information content (AvgIpc) is 2.52. The van der Waals surface area contributed by atoms with E-state index in [0.29, 0.717) is 5.92 Å². The van der Waals surface area contributed by atoms with Crippen LogP contribution in [0.25, 0.3) is 0 Å². The Hall–Kier alpha value is -1.80. The molecule has 0 fully saturated rings. The summed E-state index contributed by atoms with van der Waals surface area (Å²) in [5.41, 5.74) is 5.99. The van der Waals surface area contributed by atoms with Gasteiger partial charge in [0.2, 0.25) is 0 Å². The summed E-state index contributed by atoms with van der Waals surface area (Å²) in [5.74, 6) is -1.33. The van der Waals surface area contributed by atoms with E-state index in [4.69, 9.17) is 20.4 Å². The summed E-state index contributed by atoms with van der Waals surface area (Å²) in [6, 6.07) is 7.28. The smallest absolute Gasteiger partial charge is 0.490 e. The van der Waals surface area contributed by atoms with Crippen LogP contribution in [-0.2, 0) is 4.79 Å². The van der Waals surface area contributed by atoms with Crippen LogP contribution in [0, 0.1) is 5.92 Å². The summed E-state index contributed by atoms with van der Waals surface area (Å²) < 4.78 is 37.5. The maximum absolute atomic E-state index is 10.6. The fourth-order valence-electron chi connectivity index (χ4n) is 1.99. The molecule has 0 saturated heterocycles. The van der Waals surface area contributed by atoms with Crippen LogP contribution >= 0.6 is 0 Å². The van der Waals surface area contributed by atoms with Gasteiger partial charge in [-0.3, -0.25) is 0 Å². The van der Waals surface area contributed by atoms with Crippen molar-refractivity contribution in [1.29, 1.82) is 0 Å². The molecule has 0 radical (unpaired) electrons. The van der Waals surface area contributed by atoms with Crippen LogP contribution < -0.4 is 10.5 Å². The molecule has 1 aromatic rings. The van der Waals surface area contributed by atoms with Gasteiger partial charge in [-0.25, -0.2) is 4.79 Å². The maximum atomic E-state index is 10.6. The van der Waals surface area contributed by atoms with E-state index in [9.17, 15) is 18.3 Å². The molecule has 0 aliphatic carbocycles. The molecule has 2 atom stereocenters. The van der Waals surface area contributed by atoms with Gasteiger partial charge in [0.1, 0.15) is 5.75 Å². The van der Waals surface area contributed by atoms with Gasteiger partial charge < -0.3 is 20.7 Å². The first kappa shape index (κ1) is 24.2. The zero-order valence-electron chi connectivity index (χ0n) is 15.5. The van der Waals surface area contributed by atoms with Gasteiger partial charge in [0, 0.05) is 0 Å². The highest BCUT2D eigenvalue weighted by Crippen LogP contribution is 2.24. The molecule has 0 spiro atoms. The molecule has 0 heterocycles. The molecule has 0 aromatic heterocycles. The van der Waals surface area contributed by atoms with E-state index in [-0.39, 0.29) is 6.04 Å². The van der Waals surface area contributed by atoms with Crippen molar-refractivity contribution in [2.75, 3.05) is 6.61 Å². The first-order valence-electron chi connectivity index (χ1n) is 8.29. The number of carboxylic acids is 1. The van der Waals surface area contributed by atoms with Gasteiger partial charge in [-0.15, -0.1) is 0 Å². The Morgan fingerprint density at radius 1 is 1.23 bits per heavy atom. The second-order valence-corrected chi connectivity index (χ2v) is 6.71. The highest BCUT2D eigenvalue weighted by atomic mass is 19.4. The van der Waals surface area contributed by atoms with E-state index in [1.807, 2.05) is 24.3 Å². The van der Waals surface area contributed by atoms with E-state index in [1.165, 1.54) is 12.8 Å². The van der Waals surface area contributed by atoms with E-state index in [2.05, 4.69) is 13.8 Å². The van der Waals surface area contributed by atoms with Crippen molar-refractivity contribution < 1.29 is 32.9 Å². The van der Waals surface area contributed by atoms with E-state index < -0.39 is 17.7 Å². The molecule has 8 heteroatoms. The third-order valence-electron chi connectivity index (χ3n) is 3.56. The lowest BCUT2D eigenvalue weighted by Gasteiger charge is -2.26. The van der Waals surface area contributed by atoms with Gasteiger partial charge in [0.05, 0.1) is 18.2 Å². The summed E-state index contributed by atoms with van der Waals surface area (Å²) in [6.45, 7) is 8.55. The Morgan fingerprint density at radius 2 is 1.69 bits per heavy atom. The number of aliphatic carboxylic acids is 1. The number of hydrogen-bond donors (Lipinski definition) is 3. The lowest BCUT2D eigenvalue weighted by Crippen LogP contribution is -2.34. The molecule has 0 aliphatic rings. The molecule has 150 valence electrons. The normalized spacial score (nSPS) is 14.0. The molecule has 1 unspecified atom stereocenters. The van der Waals surface area contributed by atoms with Gasteiger partial charge >= 0.3 is 12.1 Å². The molecule has 0 aliphatic heterocycles. The molecule has 26 heavy (non-hydrogen) atoms. The van der Waals surface area contributed by atoms with Crippen molar-refractivity contribution in [3.63, 3.8) is 0 Å². The molecule has 0 amide bonds. The Balaban J connectivity index is 0.000000758. The highest BCUT2D eigenvalue weighted by molar-refractivity contribution is 5.73. The van der Waals surface area contributed by atoms with Crippen LogP contribution in [0.15, 0.2) is 24.3 Å². The van der Waals surface area contributed by atoms with Gasteiger partial charge in [-0.05, 0) is 43.9 Å². The minimum atomic E-state index is -5.08. The second kappa shape index (κ2) is 10.4. The number of ether oxygens (including phenoxy) is 1. The maximum Gasteiger partial charge on any atom is 0.490 e. The second-order valence-electron chi connectivity index (χ2n) is 6.71. The number of nitrogens with two attached hydrogens (primary N) is 1. The van der Waals surface area contributed by atoms with Crippen LogP contribution in [0.4, 0.5) is 13.2 Å². The zero-order valence-corrected chi connectivity index (χ0v) is 15.5. The van der Waals surface area contributed by atoms with Gasteiger partial charge in [-0.2, -0.15) is 13.2 Å². The predicted octanol–water partition coefficient (Wildman–Crippen LogP) is 3.91. The summed E-state index contributed by atoms with van der Waals surface area (Å²) in [5, 5.41) is 17.0. The SMILES string of the molecule is CCCC(C)COc1ccc([C@@H](N)C(C)(C)O)cc1.O=C(O)C(F)(F)F. The summed E-state index contributed by atoms with van der Waals surface area (Å²) in [4.78, 5) is 8.90. The fourth-order valence-corrected chi connectivity index (χ4v) is 1.99. The number of carboxylic acid groups (broad SMARTS) is 1. The van der Waals surface area contributed by atoms with E-state index in [0.717, 1.165) is 17.9 Å². The van der Waals surface area contributed by atoms with Crippen LogP contribution in [0.3, 0.4) is 0 Å². The molecule has 4 N–H and O–H groups in total. The molecule has 1 rings (SSSR count). The molecule has 1 aromatic carbocycles. The Kier molecular flexibility index (Phi) is 9.66. The monoisotopic (exact) mass is 379 g/mol. The van der Waals surface area contributed by atoms with Gasteiger partial charge in [-0.1, -0.05) is 32.4 Å². The van der Waals surface area contributed by atoms with Crippen molar-refractivity contribution in [2.45, 2.75) is 58.4 Å². The van der Waals surface area contributed by atoms with Crippen LogP contribution in [0.5, 0.6) is 5.75 Å². The number of hydrogen-bond acceptors (Lipinski definition) is 4. The van der Waals surface area contributed by atoms with Crippen molar-refractivity contribution in [3.8, 4) is 5.75 Å². The number of benzene rings is 1. The molecule has 5 nitrogen and oxygen atoms in total. The quantitative estimate of drug-likeness (QED) is 0.668. The van der Waals surface area contributed by atoms with Crippen molar-refractivity contribution in [1.82, 2.24) is 0 Å². The topological polar surface area (TPSA) is 92.8 Å². The summed E-state index contributed by atoms with van der Waals surface area (Å²) in [6.07, 6.45) is -2.72. The van der Waals surface area contributed by atoms with Crippen LogP contribution in [0.1, 0.15) is 52.1 Å². The largest absolute Gasteiger partial charge is 0.493 e. The van der Waals surface area contributed by atoms with Crippen molar-refractivity contribution in [2.24, 2.45) is 11.7 Å². The van der Waals surface area contributed by atoms with Crippen LogP contribution in [-0.4, -0.2) is 34.6 Å². The number of alkyl halides is 3. The third-order valence-corrected chi connectivity index (χ3v) is 3.56. The first-order chi connectivity index (χ1) is 11.8. The lowest BCUT2D eigenvalue weighted by molar-refractivity contribution is -0.192. The average molecular weight is 379 g/mol. The number of rotatable bonds is 7. The first-order valence-corrected chi connectivity index (χ1v) is 8.29. The van der Waals surface area contributed by atoms with Crippen LogP contribution in [0.2, 0.25) is 0 Å². The Morgan fingerprint density at radius 3 is 2.04 bits per heavy atom. The summed E-state index contributed by atoms with van der Waals surface area (Å²) in [7, 11) is 0. The lowest BCUT2D eigenvalue weighted by atomic mass is 9.93. The van der Waals surface area contributed by atoms with E-state index >= 15 is 0 Å². The van der Waals surface area contributed by atoms with E-state index in [1.54, 1.807) is 13.8 Å². The Labute approximate surface area is 152 Å². The third kappa shape index (κ3) is 9.62. The van der Waals surface area contributed by atoms with Crippen molar-refractivity contribution in [3.05, 3.63) is 29.8 Å². The minimum absolute atomic E-state index is 0.388.